The minimum Gasteiger partial charge on any atom is -0.484 e. The first-order valence-corrected chi connectivity index (χ1v) is 6.03. The van der Waals surface area contributed by atoms with Crippen LogP contribution in [-0.4, -0.2) is 34.7 Å². The van der Waals surface area contributed by atoms with Crippen LogP contribution in [0.2, 0.25) is 0 Å². The van der Waals surface area contributed by atoms with Gasteiger partial charge in [-0.25, -0.2) is 4.39 Å². The van der Waals surface area contributed by atoms with E-state index in [4.69, 9.17) is 9.84 Å². The van der Waals surface area contributed by atoms with Crippen LogP contribution in [-0.2, 0) is 4.79 Å². The van der Waals surface area contributed by atoms with Gasteiger partial charge in [-0.2, -0.15) is 0 Å². The Hall–Kier alpha value is -2.22. The quantitative estimate of drug-likeness (QED) is 0.578. The molecule has 0 spiro atoms. The van der Waals surface area contributed by atoms with Gasteiger partial charge in [-0.3, -0.25) is 20.2 Å². The fraction of sp³-hybridized carbons (Fsp3) is 0.417. The van der Waals surface area contributed by atoms with Gasteiger partial charge in [0.1, 0.15) is 18.5 Å². The zero-order valence-electron chi connectivity index (χ0n) is 10.4. The Morgan fingerprint density at radius 3 is 2.85 bits per heavy atom. The Bertz CT molecular complexity index is 533. The molecule has 1 aliphatic carbocycles. The fourth-order valence-electron chi connectivity index (χ4n) is 1.65. The van der Waals surface area contributed by atoms with Crippen molar-refractivity contribution >= 4 is 11.7 Å². The molecular weight excluding hydrogens is 271 g/mol. The van der Waals surface area contributed by atoms with Crippen LogP contribution in [0.4, 0.5) is 10.1 Å². The number of hydrogen-bond donors (Lipinski definition) is 2. The van der Waals surface area contributed by atoms with Gasteiger partial charge >= 0.3 is 11.7 Å². The number of rotatable bonds is 7. The number of carboxylic acids is 1. The molecule has 7 nitrogen and oxygen atoms in total. The Labute approximate surface area is 113 Å². The summed E-state index contributed by atoms with van der Waals surface area (Å²) < 4.78 is 18.2. The first-order valence-electron chi connectivity index (χ1n) is 6.03. The molecule has 1 fully saturated rings. The Morgan fingerprint density at radius 1 is 1.60 bits per heavy atom. The Morgan fingerprint density at radius 2 is 2.30 bits per heavy atom. The van der Waals surface area contributed by atoms with Crippen molar-refractivity contribution in [1.29, 1.82) is 0 Å². The summed E-state index contributed by atoms with van der Waals surface area (Å²) in [7, 11) is 0. The number of benzene rings is 1. The molecule has 0 bridgehead atoms. The minimum atomic E-state index is -1.11. The summed E-state index contributed by atoms with van der Waals surface area (Å²) in [5.41, 5.74) is -0.401. The standard InChI is InChI=1S/C12H13FN2O5/c13-7-1-4-10(15(18)19)11(5-7)20-6-9(12(16)17)14-8-2-3-8/h1,4-5,8-9,14H,2-3,6H2,(H,16,17). The summed E-state index contributed by atoms with van der Waals surface area (Å²) in [6.45, 7) is -0.309. The second-order valence-corrected chi connectivity index (χ2v) is 4.51. The van der Waals surface area contributed by atoms with E-state index in [2.05, 4.69) is 5.32 Å². The molecule has 0 aliphatic heterocycles. The van der Waals surface area contributed by atoms with E-state index in [-0.39, 0.29) is 18.4 Å². The van der Waals surface area contributed by atoms with Crippen molar-refractivity contribution in [2.24, 2.45) is 0 Å². The molecule has 1 aromatic rings. The lowest BCUT2D eigenvalue weighted by Gasteiger charge is -2.15. The first-order chi connectivity index (χ1) is 9.47. The third-order valence-electron chi connectivity index (χ3n) is 2.84. The van der Waals surface area contributed by atoms with E-state index in [1.165, 1.54) is 0 Å². The van der Waals surface area contributed by atoms with E-state index < -0.39 is 28.4 Å². The molecule has 1 saturated carbocycles. The molecular formula is C12H13FN2O5. The first kappa shape index (κ1) is 14.2. The molecule has 20 heavy (non-hydrogen) atoms. The second kappa shape index (κ2) is 5.83. The topological polar surface area (TPSA) is 102 Å². The number of nitrogens with zero attached hydrogens (tertiary/aromatic N) is 1. The van der Waals surface area contributed by atoms with Crippen LogP contribution < -0.4 is 10.1 Å². The van der Waals surface area contributed by atoms with Crippen molar-refractivity contribution in [2.75, 3.05) is 6.61 Å². The maximum absolute atomic E-state index is 13.1. The highest BCUT2D eigenvalue weighted by Gasteiger charge is 2.29. The molecule has 0 saturated heterocycles. The lowest BCUT2D eigenvalue weighted by Crippen LogP contribution is -2.42. The van der Waals surface area contributed by atoms with E-state index in [0.29, 0.717) is 0 Å². The van der Waals surface area contributed by atoms with Crippen molar-refractivity contribution in [1.82, 2.24) is 5.32 Å². The van der Waals surface area contributed by atoms with Crippen LogP contribution in [0.5, 0.6) is 5.75 Å². The summed E-state index contributed by atoms with van der Waals surface area (Å²) in [5.74, 6) is -2.08. The number of carbonyl (C=O) groups is 1. The van der Waals surface area contributed by atoms with Gasteiger partial charge in [-0.1, -0.05) is 0 Å². The van der Waals surface area contributed by atoms with Gasteiger partial charge in [0, 0.05) is 18.2 Å². The van der Waals surface area contributed by atoms with Crippen LogP contribution >= 0.6 is 0 Å². The van der Waals surface area contributed by atoms with Crippen molar-refractivity contribution in [2.45, 2.75) is 24.9 Å². The molecule has 0 amide bonds. The fourth-order valence-corrected chi connectivity index (χ4v) is 1.65. The van der Waals surface area contributed by atoms with Gasteiger partial charge in [0.25, 0.3) is 0 Å². The van der Waals surface area contributed by atoms with Gasteiger partial charge in [0.05, 0.1) is 4.92 Å². The van der Waals surface area contributed by atoms with Gasteiger partial charge < -0.3 is 9.84 Å². The third kappa shape index (κ3) is 3.64. The average Bonchev–Trinajstić information content (AvgIpc) is 3.17. The van der Waals surface area contributed by atoms with Gasteiger partial charge in [0.2, 0.25) is 0 Å². The molecule has 8 heteroatoms. The maximum Gasteiger partial charge on any atom is 0.324 e. The third-order valence-corrected chi connectivity index (χ3v) is 2.84. The summed E-state index contributed by atoms with van der Waals surface area (Å²) in [4.78, 5) is 21.1. The maximum atomic E-state index is 13.1. The molecule has 1 aromatic carbocycles. The van der Waals surface area contributed by atoms with Crippen molar-refractivity contribution < 1.29 is 24.0 Å². The molecule has 0 radical (unpaired) electrons. The number of hydrogen-bond acceptors (Lipinski definition) is 5. The molecule has 0 heterocycles. The Kier molecular flexibility index (Phi) is 4.14. The zero-order chi connectivity index (χ0) is 14.7. The predicted octanol–water partition coefficient (Wildman–Crippen LogP) is 1.32. The van der Waals surface area contributed by atoms with Crippen LogP contribution in [0.15, 0.2) is 18.2 Å². The normalized spacial score (nSPS) is 15.7. The molecule has 2 N–H and O–H groups in total. The van der Waals surface area contributed by atoms with Gasteiger partial charge in [-0.05, 0) is 18.9 Å². The molecule has 108 valence electrons. The number of nitrogens with one attached hydrogen (secondary N) is 1. The summed E-state index contributed by atoms with van der Waals surface area (Å²) in [6, 6.07) is 1.96. The van der Waals surface area contributed by atoms with E-state index >= 15 is 0 Å². The lowest BCUT2D eigenvalue weighted by molar-refractivity contribution is -0.385. The Balaban J connectivity index is 2.06. The number of ether oxygens (including phenoxy) is 1. The van der Waals surface area contributed by atoms with E-state index in [0.717, 1.165) is 31.0 Å². The largest absolute Gasteiger partial charge is 0.484 e. The van der Waals surface area contributed by atoms with Crippen LogP contribution in [0, 0.1) is 15.9 Å². The number of aliphatic carboxylic acids is 1. The summed E-state index contributed by atoms with van der Waals surface area (Å²) in [5, 5.41) is 22.6. The smallest absolute Gasteiger partial charge is 0.324 e. The number of carboxylic acid groups (broad SMARTS) is 1. The molecule has 1 unspecified atom stereocenters. The highest BCUT2D eigenvalue weighted by atomic mass is 19.1. The highest BCUT2D eigenvalue weighted by molar-refractivity contribution is 5.73. The predicted molar refractivity (Wildman–Crippen MR) is 66.1 cm³/mol. The van der Waals surface area contributed by atoms with Crippen molar-refractivity contribution in [3.8, 4) is 5.75 Å². The lowest BCUT2D eigenvalue weighted by atomic mass is 10.2. The highest BCUT2D eigenvalue weighted by Crippen LogP contribution is 2.27. The van der Waals surface area contributed by atoms with E-state index in [1.807, 2.05) is 0 Å². The molecule has 2 rings (SSSR count). The SMILES string of the molecule is O=C(O)C(COc1cc(F)ccc1[N+](=O)[O-])NC1CC1. The molecule has 1 atom stereocenters. The van der Waals surface area contributed by atoms with Gasteiger partial charge in [0.15, 0.2) is 5.75 Å². The molecule has 1 aliphatic rings. The van der Waals surface area contributed by atoms with Crippen molar-refractivity contribution in [3.05, 3.63) is 34.1 Å². The van der Waals surface area contributed by atoms with Crippen LogP contribution in [0.1, 0.15) is 12.8 Å². The zero-order valence-corrected chi connectivity index (χ0v) is 10.4. The number of nitro benzene ring substituents is 1. The van der Waals surface area contributed by atoms with Crippen LogP contribution in [0.25, 0.3) is 0 Å². The number of nitro groups is 1. The molecule has 0 aromatic heterocycles. The minimum absolute atomic E-state index is 0.141. The average molecular weight is 284 g/mol. The van der Waals surface area contributed by atoms with E-state index in [1.54, 1.807) is 0 Å². The summed E-state index contributed by atoms with van der Waals surface area (Å²) >= 11 is 0. The van der Waals surface area contributed by atoms with E-state index in [9.17, 15) is 19.3 Å². The van der Waals surface area contributed by atoms with Crippen LogP contribution in [0.3, 0.4) is 0 Å². The summed E-state index contributed by atoms with van der Waals surface area (Å²) in [6.07, 6.45) is 1.79. The van der Waals surface area contributed by atoms with Gasteiger partial charge in [-0.15, -0.1) is 0 Å². The monoisotopic (exact) mass is 284 g/mol. The number of halogens is 1. The second-order valence-electron chi connectivity index (χ2n) is 4.51. The van der Waals surface area contributed by atoms with Crippen molar-refractivity contribution in [3.63, 3.8) is 0 Å².